The fourth-order valence-electron chi connectivity index (χ4n) is 3.12. The maximum absolute atomic E-state index is 13.1. The van der Waals surface area contributed by atoms with Gasteiger partial charge in [-0.25, -0.2) is 0 Å². The minimum Gasteiger partial charge on any atom is -0.457 e. The molecule has 1 aromatic heterocycles. The molecule has 1 saturated heterocycles. The van der Waals surface area contributed by atoms with Crippen LogP contribution < -0.4 is 10.2 Å². The van der Waals surface area contributed by atoms with Crippen molar-refractivity contribution in [2.24, 2.45) is 0 Å². The first-order chi connectivity index (χ1) is 15.2. The van der Waals surface area contributed by atoms with Gasteiger partial charge in [0, 0.05) is 17.7 Å². The monoisotopic (exact) mass is 467 g/mol. The molecular weight excluding hydrogens is 454 g/mol. The summed E-state index contributed by atoms with van der Waals surface area (Å²) >= 11 is 11.3. The van der Waals surface area contributed by atoms with Gasteiger partial charge in [0.2, 0.25) is 0 Å². The molecule has 2 amide bonds. The Morgan fingerprint density at radius 3 is 2.53 bits per heavy atom. The number of thiocarbonyl (C=S) groups is 1. The predicted molar refractivity (Wildman–Crippen MR) is 123 cm³/mol. The van der Waals surface area contributed by atoms with E-state index >= 15 is 0 Å². The third kappa shape index (κ3) is 4.03. The molecule has 8 nitrogen and oxygen atoms in total. The third-order valence-electron chi connectivity index (χ3n) is 4.73. The number of carbonyl (C=O) groups excluding carboxylic acids is 2. The summed E-state index contributed by atoms with van der Waals surface area (Å²) in [6.45, 7) is 1.91. The van der Waals surface area contributed by atoms with Gasteiger partial charge in [-0.1, -0.05) is 29.3 Å². The lowest BCUT2D eigenvalue weighted by molar-refractivity contribution is -0.384. The van der Waals surface area contributed by atoms with Crippen molar-refractivity contribution in [1.82, 2.24) is 5.32 Å². The first-order valence-corrected chi connectivity index (χ1v) is 10.1. The number of nitro benzene ring substituents is 1. The van der Waals surface area contributed by atoms with E-state index in [1.165, 1.54) is 35.2 Å². The van der Waals surface area contributed by atoms with E-state index in [-0.39, 0.29) is 32.9 Å². The van der Waals surface area contributed by atoms with Gasteiger partial charge in [-0.15, -0.1) is 0 Å². The summed E-state index contributed by atoms with van der Waals surface area (Å²) in [5, 5.41) is 13.8. The Bertz CT molecular complexity index is 1310. The van der Waals surface area contributed by atoms with Crippen LogP contribution in [-0.4, -0.2) is 21.9 Å². The number of furan rings is 1. The highest BCUT2D eigenvalue weighted by molar-refractivity contribution is 7.80. The van der Waals surface area contributed by atoms with Gasteiger partial charge in [0.15, 0.2) is 5.11 Å². The number of nitrogens with zero attached hydrogens (tertiary/aromatic N) is 2. The Morgan fingerprint density at radius 2 is 1.84 bits per heavy atom. The first-order valence-electron chi connectivity index (χ1n) is 9.27. The second kappa shape index (κ2) is 8.37. The average Bonchev–Trinajstić information content (AvgIpc) is 3.21. The summed E-state index contributed by atoms with van der Waals surface area (Å²) in [7, 11) is 0. The van der Waals surface area contributed by atoms with Gasteiger partial charge in [-0.3, -0.25) is 29.9 Å². The number of aryl methyl sites for hydroxylation is 1. The Labute approximate surface area is 192 Å². The normalized spacial score (nSPS) is 15.2. The zero-order valence-electron chi connectivity index (χ0n) is 16.5. The van der Waals surface area contributed by atoms with Crippen LogP contribution >= 0.6 is 23.8 Å². The maximum Gasteiger partial charge on any atom is 0.270 e. The summed E-state index contributed by atoms with van der Waals surface area (Å²) in [5.41, 5.74) is 1.51. The number of anilines is 1. The van der Waals surface area contributed by atoms with E-state index in [0.717, 1.165) is 5.56 Å². The minimum absolute atomic E-state index is 0.0236. The summed E-state index contributed by atoms with van der Waals surface area (Å²) in [4.78, 5) is 37.2. The van der Waals surface area contributed by atoms with E-state index in [2.05, 4.69) is 5.32 Å². The molecule has 2 aromatic carbocycles. The molecular formula is C22H14ClN3O5S. The highest BCUT2D eigenvalue weighted by Crippen LogP contribution is 2.33. The van der Waals surface area contributed by atoms with Crippen molar-refractivity contribution in [3.63, 3.8) is 0 Å². The number of carbonyl (C=O) groups is 2. The second-order valence-corrected chi connectivity index (χ2v) is 7.71. The molecule has 0 aliphatic carbocycles. The van der Waals surface area contributed by atoms with Gasteiger partial charge in [0.25, 0.3) is 17.5 Å². The largest absolute Gasteiger partial charge is 0.457 e. The van der Waals surface area contributed by atoms with Gasteiger partial charge in [0.05, 0.1) is 15.6 Å². The third-order valence-corrected chi connectivity index (χ3v) is 5.35. The molecule has 0 unspecified atom stereocenters. The van der Waals surface area contributed by atoms with Crippen LogP contribution in [0.2, 0.25) is 5.02 Å². The molecule has 0 radical (unpaired) electrons. The topological polar surface area (TPSA) is 106 Å². The zero-order chi connectivity index (χ0) is 23.0. The zero-order valence-corrected chi connectivity index (χ0v) is 18.1. The van der Waals surface area contributed by atoms with Crippen molar-refractivity contribution in [1.29, 1.82) is 0 Å². The van der Waals surface area contributed by atoms with Crippen molar-refractivity contribution in [3.05, 3.63) is 86.6 Å². The van der Waals surface area contributed by atoms with Gasteiger partial charge in [-0.2, -0.15) is 0 Å². The molecule has 0 atom stereocenters. The highest BCUT2D eigenvalue weighted by atomic mass is 35.5. The van der Waals surface area contributed by atoms with E-state index in [1.54, 1.807) is 18.2 Å². The average molecular weight is 468 g/mol. The molecule has 0 spiro atoms. The molecule has 1 aliphatic rings. The molecule has 4 rings (SSSR count). The predicted octanol–water partition coefficient (Wildman–Crippen LogP) is 4.65. The van der Waals surface area contributed by atoms with Crippen molar-refractivity contribution in [2.45, 2.75) is 6.92 Å². The van der Waals surface area contributed by atoms with E-state index < -0.39 is 16.7 Å². The fraction of sp³-hybridized carbons (Fsp3) is 0.0455. The van der Waals surface area contributed by atoms with Gasteiger partial charge >= 0.3 is 0 Å². The molecule has 2 heterocycles. The van der Waals surface area contributed by atoms with Crippen LogP contribution in [0.25, 0.3) is 17.4 Å². The van der Waals surface area contributed by atoms with Gasteiger partial charge in [0.1, 0.15) is 17.1 Å². The van der Waals surface area contributed by atoms with Crippen LogP contribution in [0.15, 0.2) is 64.6 Å². The second-order valence-electron chi connectivity index (χ2n) is 6.92. The van der Waals surface area contributed by atoms with Crippen LogP contribution in [0, 0.1) is 17.0 Å². The maximum atomic E-state index is 13.1. The van der Waals surface area contributed by atoms with Gasteiger partial charge in [-0.05, 0) is 55.5 Å². The summed E-state index contributed by atoms with van der Waals surface area (Å²) in [6.07, 6.45) is 1.29. The molecule has 32 heavy (non-hydrogen) atoms. The van der Waals surface area contributed by atoms with E-state index in [0.29, 0.717) is 11.3 Å². The van der Waals surface area contributed by atoms with Crippen molar-refractivity contribution in [2.75, 3.05) is 4.90 Å². The lowest BCUT2D eigenvalue weighted by Crippen LogP contribution is -2.54. The molecule has 160 valence electrons. The smallest absolute Gasteiger partial charge is 0.270 e. The fourth-order valence-corrected chi connectivity index (χ4v) is 3.61. The summed E-state index contributed by atoms with van der Waals surface area (Å²) < 4.78 is 5.70. The van der Waals surface area contributed by atoms with E-state index in [1.807, 2.05) is 19.1 Å². The Hall–Kier alpha value is -3.82. The van der Waals surface area contributed by atoms with Crippen LogP contribution in [0.5, 0.6) is 0 Å². The molecule has 1 N–H and O–H groups in total. The van der Waals surface area contributed by atoms with Crippen molar-refractivity contribution in [3.8, 4) is 11.3 Å². The Kier molecular flexibility index (Phi) is 5.60. The highest BCUT2D eigenvalue weighted by Gasteiger charge is 2.34. The van der Waals surface area contributed by atoms with E-state index in [4.69, 9.17) is 28.2 Å². The minimum atomic E-state index is -0.658. The first kappa shape index (κ1) is 21.4. The van der Waals surface area contributed by atoms with Crippen molar-refractivity contribution >= 4 is 58.2 Å². The molecule has 1 aliphatic heterocycles. The number of rotatable bonds is 4. The summed E-state index contributed by atoms with van der Waals surface area (Å²) in [5.74, 6) is -0.818. The number of non-ortho nitro benzene ring substituents is 1. The lowest BCUT2D eigenvalue weighted by atomic mass is 10.1. The number of benzene rings is 2. The van der Waals surface area contributed by atoms with Crippen LogP contribution in [0.1, 0.15) is 11.3 Å². The number of nitro groups is 1. The van der Waals surface area contributed by atoms with Crippen molar-refractivity contribution < 1.29 is 18.9 Å². The number of halogens is 1. The Morgan fingerprint density at radius 1 is 1.12 bits per heavy atom. The summed E-state index contributed by atoms with van der Waals surface area (Å²) in [6, 6.07) is 14.1. The van der Waals surface area contributed by atoms with Gasteiger partial charge < -0.3 is 4.42 Å². The van der Waals surface area contributed by atoms with Crippen LogP contribution in [0.4, 0.5) is 11.4 Å². The van der Waals surface area contributed by atoms with E-state index in [9.17, 15) is 19.7 Å². The molecule has 0 bridgehead atoms. The van der Waals surface area contributed by atoms with Crippen LogP contribution in [0.3, 0.4) is 0 Å². The lowest BCUT2D eigenvalue weighted by Gasteiger charge is -2.28. The number of hydrogen-bond donors (Lipinski definition) is 1. The number of nitrogens with one attached hydrogen (secondary N) is 1. The Balaban J connectivity index is 1.69. The molecule has 1 fully saturated rings. The van der Waals surface area contributed by atoms with Crippen LogP contribution in [-0.2, 0) is 9.59 Å². The number of hydrogen-bond acceptors (Lipinski definition) is 6. The molecule has 0 saturated carbocycles. The number of amides is 2. The SMILES string of the molecule is Cc1ccc(N2C(=O)C(=Cc3ccc(-c4cc([N+](=O)[O-])ccc4Cl)o3)C(=O)NC2=S)cc1. The molecule has 10 heteroatoms. The quantitative estimate of drug-likeness (QED) is 0.197. The molecule has 3 aromatic rings. The standard InChI is InChI=1S/C22H14ClN3O5S/c1-12-2-4-13(5-3-12)25-21(28)17(20(27)24-22(25)32)11-15-7-9-19(31-15)16-10-14(26(29)30)6-8-18(16)23/h2-11H,1H3,(H,24,27,32).